The van der Waals surface area contributed by atoms with Crippen molar-refractivity contribution in [3.8, 4) is 0 Å². The molecule has 0 N–H and O–H groups in total. The molecule has 0 spiro atoms. The van der Waals surface area contributed by atoms with E-state index >= 15 is 0 Å². The maximum Gasteiger partial charge on any atom is 0.0338 e. The molecule has 3 atom stereocenters. The van der Waals surface area contributed by atoms with Crippen LogP contribution in [-0.4, -0.2) is 5.38 Å². The summed E-state index contributed by atoms with van der Waals surface area (Å²) in [4.78, 5) is 0. The maximum absolute atomic E-state index is 5.98. The number of hydrogen-bond donors (Lipinski definition) is 0. The van der Waals surface area contributed by atoms with E-state index < -0.39 is 0 Å². The summed E-state index contributed by atoms with van der Waals surface area (Å²) < 4.78 is 0. The molecule has 0 nitrogen and oxygen atoms in total. The van der Waals surface area contributed by atoms with Crippen molar-refractivity contribution in [2.24, 2.45) is 11.8 Å². The molecule has 0 heterocycles. The number of rotatable bonds is 0. The van der Waals surface area contributed by atoms with Crippen molar-refractivity contribution in [3.05, 3.63) is 0 Å². The summed E-state index contributed by atoms with van der Waals surface area (Å²) in [5.41, 5.74) is 0. The van der Waals surface area contributed by atoms with Gasteiger partial charge in [-0.3, -0.25) is 0 Å². The van der Waals surface area contributed by atoms with Crippen LogP contribution < -0.4 is 0 Å². The van der Waals surface area contributed by atoms with E-state index in [0.717, 1.165) is 11.8 Å². The molecule has 1 aliphatic carbocycles. The molecule has 9 heavy (non-hydrogen) atoms. The summed E-state index contributed by atoms with van der Waals surface area (Å²) in [5.74, 6) is 1.75. The number of alkyl halides is 1. The zero-order chi connectivity index (χ0) is 6.85. The van der Waals surface area contributed by atoms with Crippen LogP contribution in [-0.2, 0) is 0 Å². The van der Waals surface area contributed by atoms with Crippen LogP contribution in [0.1, 0.15) is 33.1 Å². The van der Waals surface area contributed by atoms with Crippen LogP contribution in [0.25, 0.3) is 0 Å². The maximum atomic E-state index is 5.98. The van der Waals surface area contributed by atoms with Gasteiger partial charge in [-0.1, -0.05) is 13.8 Å². The van der Waals surface area contributed by atoms with Gasteiger partial charge in [-0.2, -0.15) is 0 Å². The van der Waals surface area contributed by atoms with Crippen molar-refractivity contribution in [1.82, 2.24) is 0 Å². The monoisotopic (exact) mass is 146 g/mol. The molecule has 0 aromatic carbocycles. The molecule has 0 aromatic rings. The van der Waals surface area contributed by atoms with Gasteiger partial charge in [-0.05, 0) is 31.1 Å². The lowest BCUT2D eigenvalue weighted by molar-refractivity contribution is 0.281. The first-order valence-corrected chi connectivity index (χ1v) is 4.28. The first-order chi connectivity index (χ1) is 4.20. The van der Waals surface area contributed by atoms with Crippen molar-refractivity contribution < 1.29 is 0 Å². The molecule has 1 fully saturated rings. The van der Waals surface area contributed by atoms with Crippen LogP contribution >= 0.6 is 11.6 Å². The minimum atomic E-state index is 0.469. The molecule has 0 amide bonds. The van der Waals surface area contributed by atoms with Gasteiger partial charge in [0.15, 0.2) is 0 Å². The van der Waals surface area contributed by atoms with E-state index in [1.54, 1.807) is 0 Å². The van der Waals surface area contributed by atoms with Gasteiger partial charge in [-0.25, -0.2) is 0 Å². The summed E-state index contributed by atoms with van der Waals surface area (Å²) in [6.45, 7) is 4.63. The standard InChI is InChI=1S/C8H15Cl/c1-6-3-4-8(9)5-7(6)2/h6-8H,3-5H2,1-2H3/t6-,7?,8?/m0/s1. The Morgan fingerprint density at radius 3 is 2.22 bits per heavy atom. The van der Waals surface area contributed by atoms with Crippen LogP contribution in [0.3, 0.4) is 0 Å². The molecule has 2 unspecified atom stereocenters. The molecule has 0 aromatic heterocycles. The van der Waals surface area contributed by atoms with Crippen molar-refractivity contribution >= 4 is 11.6 Å². The molecular weight excluding hydrogens is 132 g/mol. The van der Waals surface area contributed by atoms with E-state index in [2.05, 4.69) is 13.8 Å². The Labute approximate surface area is 62.6 Å². The smallest absolute Gasteiger partial charge is 0.0338 e. The van der Waals surface area contributed by atoms with Crippen LogP contribution in [0.2, 0.25) is 0 Å². The molecule has 0 aliphatic heterocycles. The van der Waals surface area contributed by atoms with Crippen molar-refractivity contribution in [2.45, 2.75) is 38.5 Å². The van der Waals surface area contributed by atoms with Gasteiger partial charge < -0.3 is 0 Å². The number of hydrogen-bond acceptors (Lipinski definition) is 0. The van der Waals surface area contributed by atoms with Crippen molar-refractivity contribution in [3.63, 3.8) is 0 Å². The Kier molecular flexibility index (Phi) is 2.40. The fraction of sp³-hybridized carbons (Fsp3) is 1.00. The molecule has 0 bridgehead atoms. The lowest BCUT2D eigenvalue weighted by Gasteiger charge is -2.28. The molecule has 54 valence electrons. The second-order valence-electron chi connectivity index (χ2n) is 3.36. The van der Waals surface area contributed by atoms with E-state index in [-0.39, 0.29) is 0 Å². The Hall–Kier alpha value is 0.290. The van der Waals surface area contributed by atoms with Gasteiger partial charge in [0, 0.05) is 5.38 Å². The molecular formula is C8H15Cl. The molecule has 1 aliphatic rings. The minimum absolute atomic E-state index is 0.469. The second-order valence-corrected chi connectivity index (χ2v) is 3.98. The summed E-state index contributed by atoms with van der Waals surface area (Å²) in [6, 6.07) is 0. The Morgan fingerprint density at radius 1 is 1.11 bits per heavy atom. The van der Waals surface area contributed by atoms with Gasteiger partial charge in [-0.15, -0.1) is 11.6 Å². The Balaban J connectivity index is 2.35. The zero-order valence-corrected chi connectivity index (χ0v) is 6.99. The first kappa shape index (κ1) is 7.40. The van der Waals surface area contributed by atoms with E-state index in [0.29, 0.717) is 5.38 Å². The van der Waals surface area contributed by atoms with Crippen LogP contribution in [0.4, 0.5) is 0 Å². The van der Waals surface area contributed by atoms with Gasteiger partial charge in [0.25, 0.3) is 0 Å². The first-order valence-electron chi connectivity index (χ1n) is 3.84. The molecule has 1 heteroatoms. The SMILES string of the molecule is CC1CC(Cl)CC[C@@H]1C. The topological polar surface area (TPSA) is 0 Å². The predicted octanol–water partition coefficient (Wildman–Crippen LogP) is 3.05. The normalized spacial score (nSPS) is 45.0. The Morgan fingerprint density at radius 2 is 1.78 bits per heavy atom. The lowest BCUT2D eigenvalue weighted by Crippen LogP contribution is -2.20. The zero-order valence-electron chi connectivity index (χ0n) is 6.23. The molecule has 0 radical (unpaired) electrons. The highest BCUT2D eigenvalue weighted by Gasteiger charge is 2.22. The van der Waals surface area contributed by atoms with E-state index in [4.69, 9.17) is 11.6 Å². The molecule has 1 rings (SSSR count). The second kappa shape index (κ2) is 2.92. The van der Waals surface area contributed by atoms with E-state index in [1.807, 2.05) is 0 Å². The summed E-state index contributed by atoms with van der Waals surface area (Å²) >= 11 is 5.98. The van der Waals surface area contributed by atoms with Gasteiger partial charge in [0.1, 0.15) is 0 Å². The predicted molar refractivity (Wildman–Crippen MR) is 41.8 cm³/mol. The lowest BCUT2D eigenvalue weighted by atomic mass is 9.82. The third-order valence-corrected chi connectivity index (χ3v) is 2.93. The minimum Gasteiger partial charge on any atom is -0.123 e. The highest BCUT2D eigenvalue weighted by Crippen LogP contribution is 2.31. The summed E-state index contributed by atoms with van der Waals surface area (Å²) in [6.07, 6.45) is 3.78. The van der Waals surface area contributed by atoms with Crippen LogP contribution in [0.5, 0.6) is 0 Å². The van der Waals surface area contributed by atoms with E-state index in [1.165, 1.54) is 19.3 Å². The fourth-order valence-corrected chi connectivity index (χ4v) is 1.89. The van der Waals surface area contributed by atoms with Gasteiger partial charge in [0.05, 0.1) is 0 Å². The van der Waals surface area contributed by atoms with E-state index in [9.17, 15) is 0 Å². The average molecular weight is 147 g/mol. The van der Waals surface area contributed by atoms with Gasteiger partial charge in [0.2, 0.25) is 0 Å². The van der Waals surface area contributed by atoms with Gasteiger partial charge >= 0.3 is 0 Å². The van der Waals surface area contributed by atoms with Crippen LogP contribution in [0.15, 0.2) is 0 Å². The Bertz CT molecular complexity index is 90.6. The molecule has 0 saturated heterocycles. The van der Waals surface area contributed by atoms with Crippen LogP contribution in [0, 0.1) is 11.8 Å². The third kappa shape index (κ3) is 1.86. The highest BCUT2D eigenvalue weighted by atomic mass is 35.5. The average Bonchev–Trinajstić information content (AvgIpc) is 1.80. The van der Waals surface area contributed by atoms with Crippen molar-refractivity contribution in [1.29, 1.82) is 0 Å². The fourth-order valence-electron chi connectivity index (χ4n) is 1.48. The molecule has 1 saturated carbocycles. The van der Waals surface area contributed by atoms with Crippen molar-refractivity contribution in [2.75, 3.05) is 0 Å². The summed E-state index contributed by atoms with van der Waals surface area (Å²) in [7, 11) is 0. The largest absolute Gasteiger partial charge is 0.123 e. The third-order valence-electron chi connectivity index (χ3n) is 2.53. The highest BCUT2D eigenvalue weighted by molar-refractivity contribution is 6.20. The number of halogens is 1. The quantitative estimate of drug-likeness (QED) is 0.461. The summed E-state index contributed by atoms with van der Waals surface area (Å²) in [5, 5.41) is 0.469.